The highest BCUT2D eigenvalue weighted by atomic mass is 32.2. The van der Waals surface area contributed by atoms with E-state index in [0.29, 0.717) is 40.7 Å². The van der Waals surface area contributed by atoms with E-state index in [4.69, 9.17) is 4.74 Å². The first-order valence-corrected chi connectivity index (χ1v) is 11.1. The number of aromatic amines is 1. The summed E-state index contributed by atoms with van der Waals surface area (Å²) in [5, 5.41) is 10.9. The van der Waals surface area contributed by atoms with Crippen LogP contribution in [0.2, 0.25) is 0 Å². The fourth-order valence-corrected chi connectivity index (χ4v) is 4.69. The van der Waals surface area contributed by atoms with Crippen molar-refractivity contribution >= 4 is 34.9 Å². The predicted molar refractivity (Wildman–Crippen MR) is 114 cm³/mol. The summed E-state index contributed by atoms with van der Waals surface area (Å²) in [5.41, 5.74) is 2.13. The molecule has 0 aliphatic heterocycles. The van der Waals surface area contributed by atoms with Crippen molar-refractivity contribution in [3.05, 3.63) is 50.7 Å². The number of carbonyl (C=O) groups excluding carboxylic acids is 2. The molecule has 0 aromatic carbocycles. The van der Waals surface area contributed by atoms with Gasteiger partial charge in [0.1, 0.15) is 5.82 Å². The lowest BCUT2D eigenvalue weighted by Gasteiger charge is -2.10. The number of hydrogen-bond acceptors (Lipinski definition) is 7. The van der Waals surface area contributed by atoms with Crippen LogP contribution < -0.4 is 0 Å². The summed E-state index contributed by atoms with van der Waals surface area (Å²) < 4.78 is 7.03. The van der Waals surface area contributed by atoms with Gasteiger partial charge in [0.2, 0.25) is 0 Å². The van der Waals surface area contributed by atoms with E-state index in [2.05, 4.69) is 21.2 Å². The van der Waals surface area contributed by atoms with Crippen molar-refractivity contribution in [1.29, 1.82) is 0 Å². The van der Waals surface area contributed by atoms with Gasteiger partial charge < -0.3 is 14.3 Å². The molecule has 0 amide bonds. The molecule has 3 aromatic heterocycles. The smallest absolute Gasteiger partial charge is 0.340 e. The first-order chi connectivity index (χ1) is 13.8. The van der Waals surface area contributed by atoms with E-state index >= 15 is 0 Å². The third-order valence-corrected chi connectivity index (χ3v) is 6.66. The van der Waals surface area contributed by atoms with Crippen LogP contribution in [0, 0.1) is 13.8 Å². The van der Waals surface area contributed by atoms with Gasteiger partial charge in [-0.1, -0.05) is 17.8 Å². The maximum absolute atomic E-state index is 13.0. The van der Waals surface area contributed by atoms with Crippen LogP contribution in [0.3, 0.4) is 0 Å². The minimum absolute atomic E-state index is 0.0889. The minimum atomic E-state index is -0.412. The molecule has 7 nitrogen and oxygen atoms in total. The quantitative estimate of drug-likeness (QED) is 0.329. The number of aryl methyl sites for hydroxylation is 1. The van der Waals surface area contributed by atoms with E-state index in [-0.39, 0.29) is 11.0 Å². The Bertz CT molecular complexity index is 1020. The largest absolute Gasteiger partial charge is 0.462 e. The van der Waals surface area contributed by atoms with E-state index in [1.807, 2.05) is 30.0 Å². The second-order valence-corrected chi connectivity index (χ2v) is 9.02. The minimum Gasteiger partial charge on any atom is -0.462 e. The standard InChI is InChI=1S/C20H24N4O3S2/c1-6-27-19(26)16-11(2)17(21-12(16)3)18(25)13(4)29-20-23-22-15(24(20)5)10-14-8-7-9-28-14/h7-9,13,21H,6,10H2,1-5H3. The SMILES string of the molecule is CCOC(=O)c1c(C)[nH]c(C(=O)C(C)Sc2nnc(Cc3cccs3)n2C)c1C. The van der Waals surface area contributed by atoms with E-state index in [0.717, 1.165) is 5.82 Å². The van der Waals surface area contributed by atoms with E-state index in [1.54, 1.807) is 32.1 Å². The Morgan fingerprint density at radius 3 is 2.76 bits per heavy atom. The average Bonchev–Trinajstić information content (AvgIpc) is 3.38. The number of ketones is 1. The topological polar surface area (TPSA) is 89.9 Å². The molecular formula is C20H24N4O3S2. The molecule has 154 valence electrons. The fourth-order valence-electron chi connectivity index (χ4n) is 3.09. The Morgan fingerprint density at radius 2 is 2.10 bits per heavy atom. The normalized spacial score (nSPS) is 12.2. The molecule has 0 saturated carbocycles. The summed E-state index contributed by atoms with van der Waals surface area (Å²) >= 11 is 3.03. The molecule has 0 fully saturated rings. The molecule has 9 heteroatoms. The molecule has 0 spiro atoms. The van der Waals surface area contributed by atoms with Crippen LogP contribution in [0.25, 0.3) is 0 Å². The van der Waals surface area contributed by atoms with Gasteiger partial charge in [0.15, 0.2) is 10.9 Å². The number of ether oxygens (including phenoxy) is 1. The summed E-state index contributed by atoms with van der Waals surface area (Å²) in [6.45, 7) is 7.42. The Kier molecular flexibility index (Phi) is 6.59. The van der Waals surface area contributed by atoms with Crippen molar-refractivity contribution < 1.29 is 14.3 Å². The van der Waals surface area contributed by atoms with Crippen molar-refractivity contribution in [1.82, 2.24) is 19.7 Å². The van der Waals surface area contributed by atoms with Crippen LogP contribution in [0.4, 0.5) is 0 Å². The Morgan fingerprint density at radius 1 is 1.34 bits per heavy atom. The number of thioether (sulfide) groups is 1. The molecule has 0 aliphatic carbocycles. The lowest BCUT2D eigenvalue weighted by atomic mass is 10.1. The zero-order chi connectivity index (χ0) is 21.1. The number of aromatic nitrogens is 4. The van der Waals surface area contributed by atoms with Crippen LogP contribution in [0.1, 0.15) is 56.7 Å². The van der Waals surface area contributed by atoms with E-state index in [1.165, 1.54) is 16.6 Å². The van der Waals surface area contributed by atoms with Gasteiger partial charge in [-0.05, 0) is 44.7 Å². The van der Waals surface area contributed by atoms with E-state index < -0.39 is 5.97 Å². The number of esters is 1. The van der Waals surface area contributed by atoms with E-state index in [9.17, 15) is 9.59 Å². The number of thiophene rings is 1. The van der Waals surface area contributed by atoms with Gasteiger partial charge in [-0.25, -0.2) is 4.79 Å². The van der Waals surface area contributed by atoms with Gasteiger partial charge >= 0.3 is 5.97 Å². The van der Waals surface area contributed by atoms with Crippen LogP contribution >= 0.6 is 23.1 Å². The van der Waals surface area contributed by atoms with Crippen molar-refractivity contribution in [2.45, 2.75) is 44.5 Å². The molecule has 0 bridgehead atoms. The summed E-state index contributed by atoms with van der Waals surface area (Å²) in [7, 11) is 1.91. The number of nitrogens with zero attached hydrogens (tertiary/aromatic N) is 3. The van der Waals surface area contributed by atoms with Crippen LogP contribution in [-0.4, -0.2) is 43.4 Å². The number of rotatable bonds is 8. The number of H-pyrrole nitrogens is 1. The molecule has 0 aliphatic rings. The number of carbonyl (C=O) groups is 2. The second kappa shape index (κ2) is 8.96. The fraction of sp³-hybridized carbons (Fsp3) is 0.400. The van der Waals surface area contributed by atoms with Crippen LogP contribution in [0.15, 0.2) is 22.7 Å². The maximum Gasteiger partial charge on any atom is 0.340 e. The molecule has 29 heavy (non-hydrogen) atoms. The third-order valence-electron chi connectivity index (χ3n) is 4.65. The first-order valence-electron chi connectivity index (χ1n) is 9.31. The van der Waals surface area contributed by atoms with Crippen LogP contribution in [-0.2, 0) is 18.2 Å². The zero-order valence-corrected chi connectivity index (χ0v) is 18.7. The summed E-state index contributed by atoms with van der Waals surface area (Å²) in [4.78, 5) is 29.5. The number of hydrogen-bond donors (Lipinski definition) is 1. The van der Waals surface area contributed by atoms with Gasteiger partial charge in [-0.15, -0.1) is 21.5 Å². The molecule has 1 atom stereocenters. The van der Waals surface area contributed by atoms with Crippen molar-refractivity contribution in [3.63, 3.8) is 0 Å². The van der Waals surface area contributed by atoms with Gasteiger partial charge in [-0.2, -0.15) is 0 Å². The van der Waals surface area contributed by atoms with Gasteiger partial charge in [0.05, 0.1) is 23.1 Å². The average molecular weight is 433 g/mol. The summed E-state index contributed by atoms with van der Waals surface area (Å²) in [5.74, 6) is 0.352. The highest BCUT2D eigenvalue weighted by molar-refractivity contribution is 8.00. The lowest BCUT2D eigenvalue weighted by molar-refractivity contribution is 0.0525. The van der Waals surface area contributed by atoms with Gasteiger partial charge in [0, 0.05) is 24.0 Å². The number of Topliss-reactive ketones (excluding diaryl/α,β-unsaturated/α-hetero) is 1. The molecule has 1 unspecified atom stereocenters. The highest BCUT2D eigenvalue weighted by Crippen LogP contribution is 2.28. The van der Waals surface area contributed by atoms with Crippen LogP contribution in [0.5, 0.6) is 0 Å². The summed E-state index contributed by atoms with van der Waals surface area (Å²) in [6, 6.07) is 4.08. The maximum atomic E-state index is 13.0. The monoisotopic (exact) mass is 432 g/mol. The second-order valence-electron chi connectivity index (χ2n) is 6.68. The lowest BCUT2D eigenvalue weighted by Crippen LogP contribution is -2.16. The Balaban J connectivity index is 1.76. The molecule has 0 saturated heterocycles. The molecule has 3 aromatic rings. The van der Waals surface area contributed by atoms with Crippen molar-refractivity contribution in [3.8, 4) is 0 Å². The Labute approximate surface area is 177 Å². The third kappa shape index (κ3) is 4.45. The summed E-state index contributed by atoms with van der Waals surface area (Å²) in [6.07, 6.45) is 0.710. The molecule has 3 rings (SSSR count). The van der Waals surface area contributed by atoms with Crippen molar-refractivity contribution in [2.24, 2.45) is 7.05 Å². The molecular weight excluding hydrogens is 408 g/mol. The molecule has 3 heterocycles. The van der Waals surface area contributed by atoms with Gasteiger partial charge in [-0.3, -0.25) is 4.79 Å². The zero-order valence-electron chi connectivity index (χ0n) is 17.1. The van der Waals surface area contributed by atoms with Gasteiger partial charge in [0.25, 0.3) is 0 Å². The highest BCUT2D eigenvalue weighted by Gasteiger charge is 2.27. The Hall–Kier alpha value is -2.39. The van der Waals surface area contributed by atoms with Crippen molar-refractivity contribution in [2.75, 3.05) is 6.61 Å². The molecule has 1 N–H and O–H groups in total. The first kappa shape index (κ1) is 21.3. The number of nitrogens with one attached hydrogen (secondary N) is 1. The molecule has 0 radical (unpaired) electrons. The predicted octanol–water partition coefficient (Wildman–Crippen LogP) is 3.95.